The number of rotatable bonds is 5. The van der Waals surface area contributed by atoms with E-state index >= 15 is 0 Å². The van der Waals surface area contributed by atoms with Crippen molar-refractivity contribution in [2.75, 3.05) is 24.8 Å². The number of carbonyl (C=O) groups excluding carboxylic acids is 2. The van der Waals surface area contributed by atoms with Gasteiger partial charge in [-0.2, -0.15) is 0 Å². The highest BCUT2D eigenvalue weighted by Crippen LogP contribution is 2.13. The van der Waals surface area contributed by atoms with Crippen molar-refractivity contribution >= 4 is 29.5 Å². The molecule has 16 heavy (non-hydrogen) atoms. The van der Waals surface area contributed by atoms with Crippen molar-refractivity contribution in [1.82, 2.24) is 10.2 Å². The summed E-state index contributed by atoms with van der Waals surface area (Å²) in [6.45, 7) is -0.848. The van der Waals surface area contributed by atoms with E-state index in [0.717, 1.165) is 0 Å². The SMILES string of the molecule is O=C(CN1CSCC1=O)N[C@H](CO)C(=O)O. The molecule has 0 spiro atoms. The Morgan fingerprint density at radius 3 is 2.69 bits per heavy atom. The van der Waals surface area contributed by atoms with E-state index in [4.69, 9.17) is 10.2 Å². The third kappa shape index (κ3) is 3.38. The van der Waals surface area contributed by atoms with Gasteiger partial charge in [-0.05, 0) is 0 Å². The third-order valence-corrected chi connectivity index (χ3v) is 2.92. The molecule has 1 atom stereocenters. The smallest absolute Gasteiger partial charge is 0.328 e. The highest BCUT2D eigenvalue weighted by molar-refractivity contribution is 8.00. The van der Waals surface area contributed by atoms with E-state index in [2.05, 4.69) is 5.32 Å². The molecule has 0 aromatic rings. The Hall–Kier alpha value is -1.28. The standard InChI is InChI=1S/C8H12N2O5S/c11-2-5(8(14)15)9-6(12)1-10-4-16-3-7(10)13/h5,11H,1-4H2,(H,9,12)(H,14,15)/t5-/m1/s1. The summed E-state index contributed by atoms with van der Waals surface area (Å²) in [5, 5.41) is 19.4. The molecule has 0 radical (unpaired) electrons. The Balaban J connectivity index is 2.40. The van der Waals surface area contributed by atoms with Gasteiger partial charge in [0.05, 0.1) is 18.2 Å². The van der Waals surface area contributed by atoms with Crippen molar-refractivity contribution in [2.24, 2.45) is 0 Å². The zero-order valence-corrected chi connectivity index (χ0v) is 9.20. The zero-order chi connectivity index (χ0) is 12.1. The van der Waals surface area contributed by atoms with Crippen molar-refractivity contribution in [3.8, 4) is 0 Å². The van der Waals surface area contributed by atoms with E-state index in [-0.39, 0.29) is 12.5 Å². The fourth-order valence-corrected chi connectivity index (χ4v) is 2.04. The maximum atomic E-state index is 11.3. The Morgan fingerprint density at radius 1 is 1.56 bits per heavy atom. The number of aliphatic carboxylic acids is 1. The summed E-state index contributed by atoms with van der Waals surface area (Å²) >= 11 is 1.39. The van der Waals surface area contributed by atoms with Gasteiger partial charge in [0.1, 0.15) is 12.6 Å². The van der Waals surface area contributed by atoms with Gasteiger partial charge in [-0.1, -0.05) is 0 Å². The second-order valence-corrected chi connectivity index (χ2v) is 4.17. The molecule has 0 aromatic carbocycles. The van der Waals surface area contributed by atoms with Crippen LogP contribution in [0.4, 0.5) is 0 Å². The predicted octanol–water partition coefficient (Wildman–Crippen LogP) is -1.92. The minimum absolute atomic E-state index is 0.143. The number of hydrogen-bond donors (Lipinski definition) is 3. The van der Waals surface area contributed by atoms with Gasteiger partial charge in [0.15, 0.2) is 0 Å². The van der Waals surface area contributed by atoms with Crippen LogP contribution in [0.5, 0.6) is 0 Å². The molecule has 1 heterocycles. The first kappa shape index (κ1) is 12.8. The van der Waals surface area contributed by atoms with Crippen LogP contribution >= 0.6 is 11.8 Å². The molecule has 7 nitrogen and oxygen atoms in total. The van der Waals surface area contributed by atoms with Crippen molar-refractivity contribution in [3.05, 3.63) is 0 Å². The van der Waals surface area contributed by atoms with Crippen molar-refractivity contribution in [1.29, 1.82) is 0 Å². The molecule has 1 rings (SSSR count). The van der Waals surface area contributed by atoms with Gasteiger partial charge in [-0.25, -0.2) is 4.79 Å². The minimum atomic E-state index is -1.32. The fourth-order valence-electron chi connectivity index (χ4n) is 1.14. The lowest BCUT2D eigenvalue weighted by atomic mass is 10.3. The van der Waals surface area contributed by atoms with E-state index in [1.165, 1.54) is 16.7 Å². The van der Waals surface area contributed by atoms with Gasteiger partial charge in [-0.3, -0.25) is 9.59 Å². The third-order valence-electron chi connectivity index (χ3n) is 1.98. The summed E-state index contributed by atoms with van der Waals surface area (Å²) in [6, 6.07) is -1.32. The van der Waals surface area contributed by atoms with Gasteiger partial charge < -0.3 is 20.4 Å². The van der Waals surface area contributed by atoms with E-state index in [0.29, 0.717) is 11.6 Å². The Kier molecular flexibility index (Phi) is 4.56. The van der Waals surface area contributed by atoms with E-state index in [1.807, 2.05) is 0 Å². The van der Waals surface area contributed by atoms with E-state index in [9.17, 15) is 14.4 Å². The van der Waals surface area contributed by atoms with Gasteiger partial charge in [-0.15, -0.1) is 11.8 Å². The number of carbonyl (C=O) groups is 3. The van der Waals surface area contributed by atoms with Crippen LogP contribution in [-0.2, 0) is 14.4 Å². The number of thioether (sulfide) groups is 1. The molecule has 90 valence electrons. The summed E-state index contributed by atoms with van der Waals surface area (Å²) in [5.41, 5.74) is 0. The Morgan fingerprint density at radius 2 is 2.25 bits per heavy atom. The van der Waals surface area contributed by atoms with Crippen LogP contribution in [0.2, 0.25) is 0 Å². The van der Waals surface area contributed by atoms with E-state index in [1.54, 1.807) is 0 Å². The lowest BCUT2D eigenvalue weighted by Gasteiger charge is -2.16. The first-order valence-corrected chi connectivity index (χ1v) is 5.68. The molecule has 0 unspecified atom stereocenters. The predicted molar refractivity (Wildman–Crippen MR) is 55.7 cm³/mol. The number of nitrogens with one attached hydrogen (secondary N) is 1. The lowest BCUT2D eigenvalue weighted by molar-refractivity contribution is -0.143. The molecular formula is C8H12N2O5S. The highest BCUT2D eigenvalue weighted by Gasteiger charge is 2.25. The maximum Gasteiger partial charge on any atom is 0.328 e. The van der Waals surface area contributed by atoms with Gasteiger partial charge in [0, 0.05) is 0 Å². The summed E-state index contributed by atoms with van der Waals surface area (Å²) in [5.74, 6) is -1.26. The van der Waals surface area contributed by atoms with Crippen LogP contribution in [-0.4, -0.2) is 63.7 Å². The normalized spacial score (nSPS) is 17.3. The van der Waals surface area contributed by atoms with Crippen molar-refractivity contribution < 1.29 is 24.6 Å². The molecular weight excluding hydrogens is 236 g/mol. The molecule has 0 saturated carbocycles. The van der Waals surface area contributed by atoms with E-state index < -0.39 is 24.5 Å². The first-order valence-electron chi connectivity index (χ1n) is 4.53. The topological polar surface area (TPSA) is 107 Å². The molecule has 1 aliphatic heterocycles. The fraction of sp³-hybridized carbons (Fsp3) is 0.625. The number of hydrogen-bond acceptors (Lipinski definition) is 5. The van der Waals surface area contributed by atoms with Gasteiger partial charge in [0.25, 0.3) is 0 Å². The quantitative estimate of drug-likeness (QED) is 0.523. The highest BCUT2D eigenvalue weighted by atomic mass is 32.2. The largest absolute Gasteiger partial charge is 0.480 e. The number of carboxylic acid groups (broad SMARTS) is 1. The average molecular weight is 248 g/mol. The minimum Gasteiger partial charge on any atom is -0.480 e. The lowest BCUT2D eigenvalue weighted by Crippen LogP contribution is -2.47. The zero-order valence-electron chi connectivity index (χ0n) is 8.38. The van der Waals surface area contributed by atoms with Crippen LogP contribution in [0.15, 0.2) is 0 Å². The van der Waals surface area contributed by atoms with Crippen LogP contribution in [0.3, 0.4) is 0 Å². The molecule has 2 amide bonds. The average Bonchev–Trinajstić information content (AvgIpc) is 2.60. The Bertz CT molecular complexity index is 303. The molecule has 0 bridgehead atoms. The molecule has 0 aromatic heterocycles. The molecule has 8 heteroatoms. The molecule has 1 fully saturated rings. The number of aliphatic hydroxyl groups is 1. The van der Waals surface area contributed by atoms with Crippen LogP contribution < -0.4 is 5.32 Å². The van der Waals surface area contributed by atoms with Crippen molar-refractivity contribution in [2.45, 2.75) is 6.04 Å². The van der Waals surface area contributed by atoms with Crippen molar-refractivity contribution in [3.63, 3.8) is 0 Å². The number of carboxylic acids is 1. The second kappa shape index (κ2) is 5.71. The molecule has 0 aliphatic carbocycles. The first-order chi connectivity index (χ1) is 7.54. The van der Waals surface area contributed by atoms with Gasteiger partial charge >= 0.3 is 5.97 Å². The second-order valence-electron chi connectivity index (χ2n) is 3.21. The number of aliphatic hydroxyl groups excluding tert-OH is 1. The molecule has 3 N–H and O–H groups in total. The van der Waals surface area contributed by atoms with Crippen LogP contribution in [0.25, 0.3) is 0 Å². The summed E-state index contributed by atoms with van der Waals surface area (Å²) in [7, 11) is 0. The Labute approximate surface area is 95.8 Å². The van der Waals surface area contributed by atoms with Crippen LogP contribution in [0, 0.1) is 0 Å². The molecule has 1 saturated heterocycles. The number of amides is 2. The van der Waals surface area contributed by atoms with Gasteiger partial charge in [0.2, 0.25) is 11.8 Å². The number of nitrogens with zero attached hydrogens (tertiary/aromatic N) is 1. The monoisotopic (exact) mass is 248 g/mol. The summed E-state index contributed by atoms with van der Waals surface area (Å²) in [6.07, 6.45) is 0. The molecule has 1 aliphatic rings. The maximum absolute atomic E-state index is 11.3. The van der Waals surface area contributed by atoms with Crippen LogP contribution in [0.1, 0.15) is 0 Å². The summed E-state index contributed by atoms with van der Waals surface area (Å²) < 4.78 is 0. The summed E-state index contributed by atoms with van der Waals surface area (Å²) in [4.78, 5) is 34.3.